The smallest absolute Gasteiger partial charge is 0.147 e. The molecular weight excluding hydrogens is 268 g/mol. The van der Waals surface area contributed by atoms with E-state index in [1.165, 1.54) is 0 Å². The Labute approximate surface area is 95.2 Å². The SMILES string of the molecule is CC(C)(N)Cc1c(O)cc(F)c(Br)c1F. The van der Waals surface area contributed by atoms with Crippen molar-refractivity contribution in [2.24, 2.45) is 5.73 Å². The van der Waals surface area contributed by atoms with Gasteiger partial charge < -0.3 is 10.8 Å². The van der Waals surface area contributed by atoms with Gasteiger partial charge >= 0.3 is 0 Å². The Morgan fingerprint density at radius 3 is 2.47 bits per heavy atom. The number of hydrogen-bond acceptors (Lipinski definition) is 2. The zero-order valence-corrected chi connectivity index (χ0v) is 10.0. The number of halogens is 3. The molecule has 84 valence electrons. The van der Waals surface area contributed by atoms with Crippen molar-refractivity contribution in [2.45, 2.75) is 25.8 Å². The van der Waals surface area contributed by atoms with Crippen LogP contribution in [0.15, 0.2) is 10.5 Å². The van der Waals surface area contributed by atoms with Crippen LogP contribution in [0.25, 0.3) is 0 Å². The first-order chi connectivity index (χ1) is 6.72. The Kier molecular flexibility index (Phi) is 3.35. The molecule has 3 N–H and O–H groups in total. The van der Waals surface area contributed by atoms with Gasteiger partial charge in [0, 0.05) is 17.2 Å². The lowest BCUT2D eigenvalue weighted by Gasteiger charge is -2.20. The molecule has 0 saturated heterocycles. The maximum absolute atomic E-state index is 13.6. The molecule has 0 aliphatic carbocycles. The summed E-state index contributed by atoms with van der Waals surface area (Å²) >= 11 is 2.77. The van der Waals surface area contributed by atoms with Crippen molar-refractivity contribution in [3.63, 3.8) is 0 Å². The van der Waals surface area contributed by atoms with E-state index in [1.54, 1.807) is 13.8 Å². The number of aromatic hydroxyl groups is 1. The third-order valence-electron chi connectivity index (χ3n) is 1.87. The summed E-state index contributed by atoms with van der Waals surface area (Å²) in [6, 6.07) is 0.869. The molecule has 0 saturated carbocycles. The molecule has 0 aromatic heterocycles. The number of phenols is 1. The van der Waals surface area contributed by atoms with E-state index in [4.69, 9.17) is 5.73 Å². The van der Waals surface area contributed by atoms with Crippen molar-refractivity contribution in [1.82, 2.24) is 0 Å². The minimum atomic E-state index is -0.830. The second-order valence-electron chi connectivity index (χ2n) is 4.15. The van der Waals surface area contributed by atoms with Gasteiger partial charge in [-0.25, -0.2) is 8.78 Å². The van der Waals surface area contributed by atoms with E-state index in [9.17, 15) is 13.9 Å². The molecule has 0 amide bonds. The highest BCUT2D eigenvalue weighted by Gasteiger charge is 2.21. The summed E-state index contributed by atoms with van der Waals surface area (Å²) in [6.07, 6.45) is 0.129. The topological polar surface area (TPSA) is 46.2 Å². The fraction of sp³-hybridized carbons (Fsp3) is 0.400. The van der Waals surface area contributed by atoms with Crippen LogP contribution in [0.3, 0.4) is 0 Å². The molecule has 1 aromatic carbocycles. The van der Waals surface area contributed by atoms with Crippen molar-refractivity contribution >= 4 is 15.9 Å². The highest BCUT2D eigenvalue weighted by atomic mass is 79.9. The summed E-state index contributed by atoms with van der Waals surface area (Å²) in [5.74, 6) is -2.04. The van der Waals surface area contributed by atoms with E-state index in [1.807, 2.05) is 0 Å². The van der Waals surface area contributed by atoms with E-state index >= 15 is 0 Å². The van der Waals surface area contributed by atoms with Gasteiger partial charge in [-0.15, -0.1) is 0 Å². The lowest BCUT2D eigenvalue weighted by Crippen LogP contribution is -2.34. The van der Waals surface area contributed by atoms with Crippen LogP contribution in [0.5, 0.6) is 5.75 Å². The second kappa shape index (κ2) is 4.06. The summed E-state index contributed by atoms with van der Waals surface area (Å²) in [5.41, 5.74) is 5.06. The predicted octanol–water partition coefficient (Wildman–Crippen LogP) is 2.71. The van der Waals surface area contributed by atoms with E-state index in [-0.39, 0.29) is 16.5 Å². The Morgan fingerprint density at radius 2 is 2.00 bits per heavy atom. The first-order valence-corrected chi connectivity index (χ1v) is 5.16. The van der Waals surface area contributed by atoms with Gasteiger partial charge in [0.25, 0.3) is 0 Å². The van der Waals surface area contributed by atoms with Crippen molar-refractivity contribution < 1.29 is 13.9 Å². The third-order valence-corrected chi connectivity index (χ3v) is 2.60. The maximum atomic E-state index is 13.6. The maximum Gasteiger partial charge on any atom is 0.147 e. The Balaban J connectivity index is 3.24. The van der Waals surface area contributed by atoms with Crippen LogP contribution >= 0.6 is 15.9 Å². The summed E-state index contributed by atoms with van der Waals surface area (Å²) in [7, 11) is 0. The van der Waals surface area contributed by atoms with Gasteiger partial charge in [0.1, 0.15) is 17.4 Å². The number of phenolic OH excluding ortho intramolecular Hbond substituents is 1. The zero-order valence-electron chi connectivity index (χ0n) is 8.44. The standard InChI is InChI=1S/C10H12BrF2NO/c1-10(2,14)4-5-7(15)3-6(12)8(11)9(5)13/h3,15H,4,14H2,1-2H3. The van der Waals surface area contributed by atoms with Gasteiger partial charge in [0.05, 0.1) is 4.47 Å². The molecule has 0 atom stereocenters. The normalized spacial score (nSPS) is 11.9. The van der Waals surface area contributed by atoms with Crippen molar-refractivity contribution in [2.75, 3.05) is 0 Å². The van der Waals surface area contributed by atoms with E-state index < -0.39 is 22.9 Å². The second-order valence-corrected chi connectivity index (χ2v) is 4.94. The minimum absolute atomic E-state index is 0.0239. The largest absolute Gasteiger partial charge is 0.507 e. The Morgan fingerprint density at radius 1 is 1.47 bits per heavy atom. The molecule has 1 rings (SSSR count). The quantitative estimate of drug-likeness (QED) is 0.818. The van der Waals surface area contributed by atoms with Crippen LogP contribution < -0.4 is 5.73 Å². The minimum Gasteiger partial charge on any atom is -0.507 e. The molecule has 1 aromatic rings. The molecule has 0 spiro atoms. The predicted molar refractivity (Wildman–Crippen MR) is 57.7 cm³/mol. The molecule has 0 aliphatic rings. The van der Waals surface area contributed by atoms with Crippen LogP contribution in [-0.4, -0.2) is 10.6 Å². The van der Waals surface area contributed by atoms with Crippen LogP contribution in [0.4, 0.5) is 8.78 Å². The molecular formula is C10H12BrF2NO. The van der Waals surface area contributed by atoms with Gasteiger partial charge in [-0.05, 0) is 36.2 Å². The lowest BCUT2D eigenvalue weighted by atomic mass is 9.95. The molecule has 0 aliphatic heterocycles. The number of nitrogens with two attached hydrogens (primary N) is 1. The van der Waals surface area contributed by atoms with Crippen molar-refractivity contribution in [3.05, 3.63) is 27.7 Å². The molecule has 0 heterocycles. The molecule has 2 nitrogen and oxygen atoms in total. The first-order valence-electron chi connectivity index (χ1n) is 4.36. The molecule has 0 radical (unpaired) electrons. The fourth-order valence-corrected chi connectivity index (χ4v) is 1.60. The monoisotopic (exact) mass is 279 g/mol. The Hall–Kier alpha value is -0.680. The van der Waals surface area contributed by atoms with Gasteiger partial charge in [0.15, 0.2) is 0 Å². The van der Waals surface area contributed by atoms with Crippen LogP contribution in [0.2, 0.25) is 0 Å². The van der Waals surface area contributed by atoms with Crippen LogP contribution in [-0.2, 0) is 6.42 Å². The molecule has 15 heavy (non-hydrogen) atoms. The van der Waals surface area contributed by atoms with Crippen molar-refractivity contribution in [3.8, 4) is 5.75 Å². The number of benzene rings is 1. The highest BCUT2D eigenvalue weighted by molar-refractivity contribution is 9.10. The molecule has 0 bridgehead atoms. The van der Waals surface area contributed by atoms with Crippen LogP contribution in [0, 0.1) is 11.6 Å². The molecule has 0 unspecified atom stereocenters. The van der Waals surface area contributed by atoms with Crippen LogP contribution in [0.1, 0.15) is 19.4 Å². The average molecular weight is 280 g/mol. The average Bonchev–Trinajstić information content (AvgIpc) is 2.07. The zero-order chi connectivity index (χ0) is 11.8. The lowest BCUT2D eigenvalue weighted by molar-refractivity contribution is 0.426. The fourth-order valence-electron chi connectivity index (χ4n) is 1.24. The summed E-state index contributed by atoms with van der Waals surface area (Å²) < 4.78 is 26.2. The molecule has 0 fully saturated rings. The molecule has 5 heteroatoms. The third kappa shape index (κ3) is 2.89. The summed E-state index contributed by atoms with van der Waals surface area (Å²) in [5, 5.41) is 9.40. The van der Waals surface area contributed by atoms with E-state index in [2.05, 4.69) is 15.9 Å². The van der Waals surface area contributed by atoms with Gasteiger partial charge in [0.2, 0.25) is 0 Å². The van der Waals surface area contributed by atoms with Gasteiger partial charge in [-0.1, -0.05) is 0 Å². The summed E-state index contributed by atoms with van der Waals surface area (Å²) in [6.45, 7) is 3.40. The highest BCUT2D eigenvalue weighted by Crippen LogP contribution is 2.31. The van der Waals surface area contributed by atoms with Gasteiger partial charge in [-0.2, -0.15) is 0 Å². The van der Waals surface area contributed by atoms with Crippen molar-refractivity contribution in [1.29, 1.82) is 0 Å². The number of hydrogen-bond donors (Lipinski definition) is 2. The number of rotatable bonds is 2. The Bertz CT molecular complexity index is 388. The van der Waals surface area contributed by atoms with Gasteiger partial charge in [-0.3, -0.25) is 0 Å². The van der Waals surface area contributed by atoms with E-state index in [0.717, 1.165) is 6.07 Å². The van der Waals surface area contributed by atoms with E-state index in [0.29, 0.717) is 0 Å². The first kappa shape index (κ1) is 12.4. The summed E-state index contributed by atoms with van der Waals surface area (Å²) in [4.78, 5) is 0.